The summed E-state index contributed by atoms with van der Waals surface area (Å²) >= 11 is 0. The fourth-order valence-electron chi connectivity index (χ4n) is 12.4. The van der Waals surface area contributed by atoms with Crippen molar-refractivity contribution in [3.63, 3.8) is 0 Å². The second-order valence-corrected chi connectivity index (χ2v) is 19.2. The Kier molecular flexibility index (Phi) is 7.37. The molecule has 4 heterocycles. The van der Waals surface area contributed by atoms with Crippen LogP contribution >= 0.6 is 0 Å². The van der Waals surface area contributed by atoms with E-state index in [0.29, 0.717) is 0 Å². The number of nitrogens with zero attached hydrogens (tertiary/aromatic N) is 4. The molecule has 0 bridgehead atoms. The summed E-state index contributed by atoms with van der Waals surface area (Å²) in [5.74, 6) is 0. The lowest BCUT2D eigenvalue weighted by Crippen LogP contribution is -2.15. The fraction of sp³-hybridized carbons (Fsp3) is 0.0794. The van der Waals surface area contributed by atoms with Crippen molar-refractivity contribution in [1.29, 1.82) is 0 Å². The lowest BCUT2D eigenvalue weighted by atomic mass is 9.82. The Morgan fingerprint density at radius 3 is 1.22 bits per heavy atom. The van der Waals surface area contributed by atoms with Crippen LogP contribution < -0.4 is 0 Å². The first kappa shape index (κ1) is 36.9. The lowest BCUT2D eigenvalue weighted by Gasteiger charge is -2.22. The van der Waals surface area contributed by atoms with Crippen LogP contribution in [0.15, 0.2) is 206 Å². The molecule has 0 radical (unpaired) electrons. The predicted molar refractivity (Wildman–Crippen MR) is 283 cm³/mol. The highest BCUT2D eigenvalue weighted by Gasteiger charge is 2.38. The number of para-hydroxylation sites is 5. The Morgan fingerprint density at radius 1 is 0.343 bits per heavy atom. The molecule has 13 aromatic rings. The van der Waals surface area contributed by atoms with E-state index in [9.17, 15) is 0 Å². The van der Waals surface area contributed by atoms with Gasteiger partial charge in [0.1, 0.15) is 0 Å². The molecule has 0 fully saturated rings. The van der Waals surface area contributed by atoms with Crippen LogP contribution in [0.3, 0.4) is 0 Å². The molecular formula is C63H44N4. The van der Waals surface area contributed by atoms with Gasteiger partial charge in [0, 0.05) is 71.3 Å². The van der Waals surface area contributed by atoms with Gasteiger partial charge in [-0.3, -0.25) is 0 Å². The third kappa shape index (κ3) is 4.97. The van der Waals surface area contributed by atoms with E-state index in [0.717, 1.165) is 12.8 Å². The molecule has 0 saturated carbocycles. The molecule has 2 aliphatic rings. The summed E-state index contributed by atoms with van der Waals surface area (Å²) in [6.07, 6.45) is 8.86. The summed E-state index contributed by atoms with van der Waals surface area (Å²) in [6, 6.07) is 70.6. The Balaban J connectivity index is 0.935. The predicted octanol–water partition coefficient (Wildman–Crippen LogP) is 16.6. The van der Waals surface area contributed by atoms with E-state index in [1.54, 1.807) is 0 Å². The molecule has 0 atom stereocenters. The summed E-state index contributed by atoms with van der Waals surface area (Å²) in [4.78, 5) is 0. The minimum absolute atomic E-state index is 0.248. The van der Waals surface area contributed by atoms with Crippen molar-refractivity contribution in [3.8, 4) is 28.2 Å². The number of rotatable bonds is 4. The van der Waals surface area contributed by atoms with E-state index >= 15 is 0 Å². The highest BCUT2D eigenvalue weighted by Crippen LogP contribution is 2.53. The van der Waals surface area contributed by atoms with E-state index < -0.39 is 0 Å². The van der Waals surface area contributed by atoms with Gasteiger partial charge in [-0.1, -0.05) is 117 Å². The first-order chi connectivity index (χ1) is 33.0. The van der Waals surface area contributed by atoms with Gasteiger partial charge < -0.3 is 18.3 Å². The molecule has 316 valence electrons. The van der Waals surface area contributed by atoms with E-state index in [-0.39, 0.29) is 5.41 Å². The van der Waals surface area contributed by atoms with Crippen LogP contribution in [0.1, 0.15) is 37.8 Å². The second kappa shape index (κ2) is 13.4. The van der Waals surface area contributed by atoms with E-state index in [2.05, 4.69) is 238 Å². The molecule has 0 N–H and O–H groups in total. The fourth-order valence-corrected chi connectivity index (χ4v) is 12.4. The third-order valence-electron chi connectivity index (χ3n) is 15.4. The SMILES string of the molecule is CC1(C)c2cc3c(cc2-c2cc4c5ccccc5n(-c5ccc6c(c5)c5ccccc5n6-c5ccccc5)c4cc21)c1ccccc1n3-c1ccc2c(c1)c1ccccc1n2C1=CC=CCC1. The molecule has 4 aromatic heterocycles. The molecule has 4 nitrogen and oxygen atoms in total. The normalized spacial score (nSPS) is 14.4. The summed E-state index contributed by atoms with van der Waals surface area (Å²) in [5.41, 5.74) is 19.9. The van der Waals surface area contributed by atoms with E-state index in [4.69, 9.17) is 0 Å². The minimum Gasteiger partial charge on any atom is -0.313 e. The van der Waals surface area contributed by atoms with Crippen LogP contribution in [0.2, 0.25) is 0 Å². The van der Waals surface area contributed by atoms with Crippen LogP contribution in [0.5, 0.6) is 0 Å². The van der Waals surface area contributed by atoms with Crippen LogP contribution in [-0.4, -0.2) is 18.3 Å². The lowest BCUT2D eigenvalue weighted by molar-refractivity contribution is 0.661. The first-order valence-electron chi connectivity index (χ1n) is 23.7. The maximum Gasteiger partial charge on any atom is 0.0544 e. The summed E-state index contributed by atoms with van der Waals surface area (Å²) in [5, 5.41) is 10.2. The minimum atomic E-state index is -0.248. The quantitative estimate of drug-likeness (QED) is 0.168. The number of hydrogen-bond donors (Lipinski definition) is 0. The van der Waals surface area contributed by atoms with E-state index in [1.165, 1.54) is 132 Å². The second-order valence-electron chi connectivity index (χ2n) is 19.2. The molecule has 0 saturated heterocycles. The number of fused-ring (bicyclic) bond motifs is 15. The Hall–Kier alpha value is -8.34. The van der Waals surface area contributed by atoms with Crippen molar-refractivity contribution in [2.24, 2.45) is 0 Å². The first-order valence-corrected chi connectivity index (χ1v) is 23.7. The van der Waals surface area contributed by atoms with Crippen LogP contribution in [-0.2, 0) is 5.41 Å². The van der Waals surface area contributed by atoms with Gasteiger partial charge in [0.15, 0.2) is 0 Å². The van der Waals surface area contributed by atoms with Gasteiger partial charge in [-0.05, 0) is 138 Å². The molecular weight excluding hydrogens is 813 g/mol. The van der Waals surface area contributed by atoms with Crippen molar-refractivity contribution in [2.45, 2.75) is 32.1 Å². The van der Waals surface area contributed by atoms with Gasteiger partial charge in [0.2, 0.25) is 0 Å². The number of allylic oxidation sites excluding steroid dienone is 4. The molecule has 0 spiro atoms. The molecule has 15 rings (SSSR count). The average Bonchev–Trinajstić information content (AvgIpc) is 4.14. The van der Waals surface area contributed by atoms with Crippen molar-refractivity contribution in [1.82, 2.24) is 18.3 Å². The third-order valence-corrected chi connectivity index (χ3v) is 15.4. The van der Waals surface area contributed by atoms with Crippen LogP contribution in [0.25, 0.3) is 121 Å². The van der Waals surface area contributed by atoms with Crippen molar-refractivity contribution >= 4 is 92.9 Å². The van der Waals surface area contributed by atoms with E-state index in [1.807, 2.05) is 0 Å². The van der Waals surface area contributed by atoms with Gasteiger partial charge in [0.05, 0.1) is 44.1 Å². The van der Waals surface area contributed by atoms with Gasteiger partial charge in [-0.2, -0.15) is 0 Å². The zero-order valence-corrected chi connectivity index (χ0v) is 37.3. The van der Waals surface area contributed by atoms with Crippen molar-refractivity contribution in [3.05, 3.63) is 217 Å². The maximum absolute atomic E-state index is 2.52. The number of aromatic nitrogens is 4. The highest BCUT2D eigenvalue weighted by atomic mass is 15.0. The smallest absolute Gasteiger partial charge is 0.0544 e. The average molecular weight is 857 g/mol. The topological polar surface area (TPSA) is 19.7 Å². The van der Waals surface area contributed by atoms with Crippen molar-refractivity contribution in [2.75, 3.05) is 0 Å². The summed E-state index contributed by atoms with van der Waals surface area (Å²) in [6.45, 7) is 4.85. The maximum atomic E-state index is 2.52. The monoisotopic (exact) mass is 856 g/mol. The highest BCUT2D eigenvalue weighted by molar-refractivity contribution is 6.16. The molecule has 9 aromatic carbocycles. The number of hydrogen-bond acceptors (Lipinski definition) is 0. The van der Waals surface area contributed by atoms with Crippen LogP contribution in [0, 0.1) is 0 Å². The Bertz CT molecular complexity index is 4350. The van der Waals surface area contributed by atoms with Crippen LogP contribution in [0.4, 0.5) is 0 Å². The Labute approximate surface area is 387 Å². The zero-order chi connectivity index (χ0) is 44.1. The molecule has 67 heavy (non-hydrogen) atoms. The largest absolute Gasteiger partial charge is 0.313 e. The van der Waals surface area contributed by atoms with Gasteiger partial charge in [0.25, 0.3) is 0 Å². The molecule has 0 aliphatic heterocycles. The molecule has 4 heteroatoms. The number of benzene rings is 9. The van der Waals surface area contributed by atoms with Gasteiger partial charge in [-0.25, -0.2) is 0 Å². The molecule has 0 unspecified atom stereocenters. The zero-order valence-electron chi connectivity index (χ0n) is 37.3. The molecule has 0 amide bonds. The summed E-state index contributed by atoms with van der Waals surface area (Å²) < 4.78 is 9.90. The van der Waals surface area contributed by atoms with Crippen molar-refractivity contribution < 1.29 is 0 Å². The van der Waals surface area contributed by atoms with Gasteiger partial charge in [-0.15, -0.1) is 0 Å². The van der Waals surface area contributed by atoms with Gasteiger partial charge >= 0.3 is 0 Å². The molecule has 2 aliphatic carbocycles. The standard InChI is InChI=1S/C63H44N4/c1-63(2)53-37-61-51(45-23-11-15-27-57(45)66(61)41-29-31-59-49(33-41)43-21-9-13-25-55(43)64(59)39-17-5-3-6-18-39)35-47(53)48-36-52-46-24-12-16-28-58(46)67(62(52)38-54(48)63)42-30-32-60-50(34-42)44-22-10-14-26-56(44)65(60)40-19-7-4-8-20-40/h3-7,9-19,21-38H,8,20H2,1-2H3. The summed E-state index contributed by atoms with van der Waals surface area (Å²) in [7, 11) is 0. The Morgan fingerprint density at radius 2 is 0.746 bits per heavy atom.